The first kappa shape index (κ1) is 33.2. The Balaban J connectivity index is 3.82. The first-order chi connectivity index (χ1) is 17.1. The van der Waals surface area contributed by atoms with Crippen LogP contribution >= 0.6 is 0 Å². The summed E-state index contributed by atoms with van der Waals surface area (Å²) < 4.78 is 5.64. The summed E-state index contributed by atoms with van der Waals surface area (Å²) in [5.41, 5.74) is 0. The monoisotopic (exact) mass is 490 g/mol. The van der Waals surface area contributed by atoms with Crippen molar-refractivity contribution in [3.63, 3.8) is 0 Å². The van der Waals surface area contributed by atoms with E-state index in [1.165, 1.54) is 44.9 Å². The Kier molecular flexibility index (Phi) is 25.4. The van der Waals surface area contributed by atoms with Gasteiger partial charge in [-0.05, 0) is 57.8 Å². The van der Waals surface area contributed by atoms with Crippen molar-refractivity contribution in [3.8, 4) is 0 Å². The first-order valence-electron chi connectivity index (χ1n) is 14.5. The van der Waals surface area contributed by atoms with Gasteiger partial charge in [0, 0.05) is 12.8 Å². The number of carbonyl (C=O) groups excluding carboxylic acids is 1. The van der Waals surface area contributed by atoms with Crippen LogP contribution in [-0.2, 0) is 14.3 Å². The summed E-state index contributed by atoms with van der Waals surface area (Å²) in [5, 5.41) is 8.99. The van der Waals surface area contributed by atoms with Crippen molar-refractivity contribution in [2.24, 2.45) is 0 Å². The Labute approximate surface area is 216 Å². The van der Waals surface area contributed by atoms with Gasteiger partial charge in [-0.15, -0.1) is 0 Å². The average Bonchev–Trinajstić information content (AvgIpc) is 2.84. The number of hydrogen-bond donors (Lipinski definition) is 1. The minimum atomic E-state index is -0.822. The number of esters is 1. The molecule has 1 N–H and O–H groups in total. The molecule has 0 fully saturated rings. The molecule has 0 saturated heterocycles. The van der Waals surface area contributed by atoms with E-state index >= 15 is 0 Å². The van der Waals surface area contributed by atoms with Crippen molar-refractivity contribution < 1.29 is 19.4 Å². The van der Waals surface area contributed by atoms with Crippen LogP contribution in [0.2, 0.25) is 0 Å². The third kappa shape index (κ3) is 26.6. The van der Waals surface area contributed by atoms with Crippen LogP contribution in [0.5, 0.6) is 0 Å². The standard InChI is InChI=1S/C31H54O4/c1-3-5-7-9-11-12-13-14-15-16-17-18-20-22-24-26-31(34)35-29(27-28-30(32)33)25-23-21-19-10-8-6-4-2/h5,7,11-12,14-15,29H,3-4,6,8-10,13,16-28H2,1-2H3,(H,32,33)/b7-5-,12-11-,15-14-. The van der Waals surface area contributed by atoms with Crippen LogP contribution in [0, 0.1) is 0 Å². The molecule has 0 heterocycles. The zero-order valence-corrected chi connectivity index (χ0v) is 22.9. The highest BCUT2D eigenvalue weighted by Gasteiger charge is 2.15. The Morgan fingerprint density at radius 2 is 1.23 bits per heavy atom. The van der Waals surface area contributed by atoms with Gasteiger partial charge in [0.25, 0.3) is 0 Å². The molecule has 0 aliphatic heterocycles. The number of hydrogen-bond acceptors (Lipinski definition) is 3. The molecule has 0 bridgehead atoms. The van der Waals surface area contributed by atoms with Crippen LogP contribution in [-0.4, -0.2) is 23.1 Å². The molecule has 202 valence electrons. The van der Waals surface area contributed by atoms with E-state index in [0.29, 0.717) is 12.8 Å². The molecule has 0 saturated carbocycles. The zero-order chi connectivity index (χ0) is 25.8. The number of rotatable bonds is 25. The third-order valence-electron chi connectivity index (χ3n) is 6.14. The van der Waals surface area contributed by atoms with Gasteiger partial charge in [0.05, 0.1) is 0 Å². The number of ether oxygens (including phenoxy) is 1. The summed E-state index contributed by atoms with van der Waals surface area (Å²) in [6, 6.07) is 0. The summed E-state index contributed by atoms with van der Waals surface area (Å²) in [4.78, 5) is 23.2. The molecule has 0 aromatic carbocycles. The van der Waals surface area contributed by atoms with Crippen molar-refractivity contribution in [1.82, 2.24) is 0 Å². The van der Waals surface area contributed by atoms with Crippen molar-refractivity contribution in [3.05, 3.63) is 36.5 Å². The summed E-state index contributed by atoms with van der Waals surface area (Å²) in [7, 11) is 0. The van der Waals surface area contributed by atoms with Gasteiger partial charge in [-0.25, -0.2) is 0 Å². The molecule has 0 rings (SSSR count). The SMILES string of the molecule is CC/C=C\C/C=C\C/C=C\CCCCCCCC(=O)OC(CCCCCCCCC)CCC(=O)O. The highest BCUT2D eigenvalue weighted by atomic mass is 16.5. The van der Waals surface area contributed by atoms with E-state index in [-0.39, 0.29) is 18.5 Å². The van der Waals surface area contributed by atoms with Gasteiger partial charge in [-0.2, -0.15) is 0 Å². The van der Waals surface area contributed by atoms with E-state index in [1.54, 1.807) is 0 Å². The maximum absolute atomic E-state index is 12.3. The molecular weight excluding hydrogens is 436 g/mol. The molecule has 1 atom stereocenters. The first-order valence-corrected chi connectivity index (χ1v) is 14.5. The van der Waals surface area contributed by atoms with Crippen molar-refractivity contribution in [2.45, 2.75) is 148 Å². The molecule has 0 radical (unpaired) electrons. The highest BCUT2D eigenvalue weighted by Crippen LogP contribution is 2.16. The maximum atomic E-state index is 12.3. The van der Waals surface area contributed by atoms with Crippen LogP contribution in [0.15, 0.2) is 36.5 Å². The fraction of sp³-hybridized carbons (Fsp3) is 0.742. The van der Waals surface area contributed by atoms with E-state index in [1.807, 2.05) is 0 Å². The molecule has 0 spiro atoms. The van der Waals surface area contributed by atoms with Crippen LogP contribution in [0.1, 0.15) is 142 Å². The van der Waals surface area contributed by atoms with E-state index in [9.17, 15) is 9.59 Å². The molecule has 1 unspecified atom stereocenters. The normalized spacial score (nSPS) is 12.7. The minimum absolute atomic E-state index is 0.0650. The molecule has 4 nitrogen and oxygen atoms in total. The number of carbonyl (C=O) groups is 2. The van der Waals surface area contributed by atoms with Gasteiger partial charge in [-0.3, -0.25) is 9.59 Å². The lowest BCUT2D eigenvalue weighted by Gasteiger charge is -2.17. The van der Waals surface area contributed by atoms with Crippen molar-refractivity contribution in [1.29, 1.82) is 0 Å². The Bertz CT molecular complexity index is 577. The lowest BCUT2D eigenvalue weighted by Crippen LogP contribution is -2.19. The van der Waals surface area contributed by atoms with Crippen LogP contribution in [0.25, 0.3) is 0 Å². The molecule has 0 aromatic heterocycles. The number of unbranched alkanes of at least 4 members (excludes halogenated alkanes) is 11. The number of aliphatic carboxylic acids is 1. The summed E-state index contributed by atoms with van der Waals surface area (Å²) >= 11 is 0. The van der Waals surface area contributed by atoms with E-state index in [4.69, 9.17) is 9.84 Å². The molecular formula is C31H54O4. The predicted octanol–water partition coefficient (Wildman–Crippen LogP) is 9.49. The van der Waals surface area contributed by atoms with E-state index < -0.39 is 5.97 Å². The number of allylic oxidation sites excluding steroid dienone is 6. The van der Waals surface area contributed by atoms with Gasteiger partial charge in [0.15, 0.2) is 0 Å². The summed E-state index contributed by atoms with van der Waals surface area (Å²) in [6.45, 7) is 4.37. The average molecular weight is 491 g/mol. The second-order valence-electron chi connectivity index (χ2n) is 9.55. The number of carboxylic acid groups (broad SMARTS) is 1. The van der Waals surface area contributed by atoms with Crippen molar-refractivity contribution in [2.75, 3.05) is 0 Å². The molecule has 0 aliphatic carbocycles. The second kappa shape index (κ2) is 26.8. The molecule has 35 heavy (non-hydrogen) atoms. The topological polar surface area (TPSA) is 63.6 Å². The maximum Gasteiger partial charge on any atom is 0.306 e. The largest absolute Gasteiger partial charge is 0.481 e. The van der Waals surface area contributed by atoms with Crippen LogP contribution in [0.3, 0.4) is 0 Å². The fourth-order valence-corrected chi connectivity index (χ4v) is 4.01. The molecule has 0 amide bonds. The van der Waals surface area contributed by atoms with Crippen LogP contribution < -0.4 is 0 Å². The summed E-state index contributed by atoms with van der Waals surface area (Å²) in [6.07, 6.45) is 33.0. The van der Waals surface area contributed by atoms with E-state index in [2.05, 4.69) is 50.3 Å². The van der Waals surface area contributed by atoms with Crippen LogP contribution in [0.4, 0.5) is 0 Å². The highest BCUT2D eigenvalue weighted by molar-refractivity contribution is 5.69. The minimum Gasteiger partial charge on any atom is -0.481 e. The van der Waals surface area contributed by atoms with Gasteiger partial charge < -0.3 is 9.84 Å². The summed E-state index contributed by atoms with van der Waals surface area (Å²) in [5.74, 6) is -0.985. The fourth-order valence-electron chi connectivity index (χ4n) is 4.01. The van der Waals surface area contributed by atoms with E-state index in [0.717, 1.165) is 64.2 Å². The predicted molar refractivity (Wildman–Crippen MR) is 149 cm³/mol. The van der Waals surface area contributed by atoms with Gasteiger partial charge in [0.1, 0.15) is 6.10 Å². The van der Waals surface area contributed by atoms with Gasteiger partial charge in [-0.1, -0.05) is 108 Å². The Hall–Kier alpha value is -1.84. The van der Waals surface area contributed by atoms with Gasteiger partial charge >= 0.3 is 11.9 Å². The molecule has 0 aliphatic rings. The molecule has 4 heteroatoms. The third-order valence-corrected chi connectivity index (χ3v) is 6.14. The second-order valence-corrected chi connectivity index (χ2v) is 9.55. The molecule has 0 aromatic rings. The number of carboxylic acids is 1. The van der Waals surface area contributed by atoms with Crippen molar-refractivity contribution >= 4 is 11.9 Å². The Morgan fingerprint density at radius 3 is 1.89 bits per heavy atom. The van der Waals surface area contributed by atoms with Gasteiger partial charge in [0.2, 0.25) is 0 Å². The zero-order valence-electron chi connectivity index (χ0n) is 22.9. The quantitative estimate of drug-likeness (QED) is 0.0786. The Morgan fingerprint density at radius 1 is 0.657 bits per heavy atom. The smallest absolute Gasteiger partial charge is 0.306 e. The lowest BCUT2D eigenvalue weighted by molar-refractivity contribution is -0.151. The lowest BCUT2D eigenvalue weighted by atomic mass is 10.0.